The second kappa shape index (κ2) is 7.93. The Hall–Kier alpha value is -3.38. The largest absolute Gasteiger partial charge is 0.507 e. The van der Waals surface area contributed by atoms with Crippen molar-refractivity contribution in [2.45, 2.75) is 12.6 Å². The predicted molar refractivity (Wildman–Crippen MR) is 112 cm³/mol. The zero-order valence-corrected chi connectivity index (χ0v) is 16.6. The maximum Gasteiger partial charge on any atom is 0.295 e. The number of nitrogens with zero attached hydrogens (tertiary/aromatic N) is 1. The van der Waals surface area contributed by atoms with Gasteiger partial charge in [-0.25, -0.2) is 0 Å². The fourth-order valence-corrected chi connectivity index (χ4v) is 4.23. The normalized spacial score (nSPS) is 18.2. The quantitative estimate of drug-likeness (QED) is 0.389. The number of ether oxygens (including phenoxy) is 1. The lowest BCUT2D eigenvalue weighted by molar-refractivity contribution is -0.140. The third kappa shape index (κ3) is 3.54. The van der Waals surface area contributed by atoms with Crippen molar-refractivity contribution in [3.8, 4) is 5.75 Å². The maximum absolute atomic E-state index is 13.0. The van der Waals surface area contributed by atoms with Gasteiger partial charge in [0.25, 0.3) is 11.7 Å². The molecule has 1 N–H and O–H groups in total. The Morgan fingerprint density at radius 3 is 2.55 bits per heavy atom. The van der Waals surface area contributed by atoms with Crippen LogP contribution in [0.4, 0.5) is 0 Å². The number of rotatable bonds is 5. The maximum atomic E-state index is 13.0. The number of aliphatic hydroxyl groups excluding tert-OH is 1. The van der Waals surface area contributed by atoms with E-state index in [4.69, 9.17) is 4.74 Å². The zero-order valence-electron chi connectivity index (χ0n) is 15.7. The van der Waals surface area contributed by atoms with Gasteiger partial charge in [-0.2, -0.15) is 0 Å². The van der Waals surface area contributed by atoms with Gasteiger partial charge < -0.3 is 14.7 Å². The minimum absolute atomic E-state index is 0.0889. The van der Waals surface area contributed by atoms with E-state index >= 15 is 0 Å². The molecule has 0 spiro atoms. The number of hydrogen-bond donors (Lipinski definition) is 1. The van der Waals surface area contributed by atoms with Crippen LogP contribution in [-0.4, -0.2) is 28.8 Å². The van der Waals surface area contributed by atoms with Gasteiger partial charge in [-0.15, -0.1) is 11.3 Å². The van der Waals surface area contributed by atoms with E-state index in [-0.39, 0.29) is 17.9 Å². The minimum Gasteiger partial charge on any atom is -0.507 e. The molecular formula is C23H19NO4S. The van der Waals surface area contributed by atoms with Crippen molar-refractivity contribution in [2.24, 2.45) is 0 Å². The SMILES string of the molecule is COc1cccc(C2/C(=C(/O)c3ccccc3)C(=O)C(=O)N2Cc2cccs2)c1. The van der Waals surface area contributed by atoms with E-state index in [0.29, 0.717) is 16.9 Å². The average molecular weight is 405 g/mol. The van der Waals surface area contributed by atoms with Crippen LogP contribution in [0.15, 0.2) is 77.7 Å². The Morgan fingerprint density at radius 2 is 1.86 bits per heavy atom. The van der Waals surface area contributed by atoms with Crippen LogP contribution in [0.25, 0.3) is 5.76 Å². The number of ketones is 1. The van der Waals surface area contributed by atoms with Gasteiger partial charge in [0, 0.05) is 10.4 Å². The van der Waals surface area contributed by atoms with Gasteiger partial charge in [-0.3, -0.25) is 9.59 Å². The molecule has 0 saturated carbocycles. The first-order valence-electron chi connectivity index (χ1n) is 9.10. The molecule has 3 aromatic rings. The number of Topliss-reactive ketones (excluding diaryl/α,β-unsaturated/α-hetero) is 1. The molecule has 1 aliphatic rings. The molecule has 1 amide bonds. The van der Waals surface area contributed by atoms with Crippen molar-refractivity contribution in [3.05, 3.63) is 93.7 Å². The molecule has 6 heteroatoms. The van der Waals surface area contributed by atoms with E-state index in [2.05, 4.69) is 0 Å². The summed E-state index contributed by atoms with van der Waals surface area (Å²) in [5.74, 6) is -0.867. The highest BCUT2D eigenvalue weighted by Crippen LogP contribution is 2.41. The molecule has 29 heavy (non-hydrogen) atoms. The van der Waals surface area contributed by atoms with Crippen molar-refractivity contribution in [1.29, 1.82) is 0 Å². The smallest absolute Gasteiger partial charge is 0.295 e. The van der Waals surface area contributed by atoms with Gasteiger partial charge in [-0.05, 0) is 29.1 Å². The summed E-state index contributed by atoms with van der Waals surface area (Å²) in [6.07, 6.45) is 0. The molecule has 1 aromatic heterocycles. The summed E-state index contributed by atoms with van der Waals surface area (Å²) in [7, 11) is 1.56. The minimum atomic E-state index is -0.701. The third-order valence-corrected chi connectivity index (χ3v) is 5.76. The molecule has 1 fully saturated rings. The van der Waals surface area contributed by atoms with Crippen molar-refractivity contribution in [3.63, 3.8) is 0 Å². The van der Waals surface area contributed by atoms with E-state index < -0.39 is 17.7 Å². The molecular weight excluding hydrogens is 386 g/mol. The van der Waals surface area contributed by atoms with Gasteiger partial charge in [0.2, 0.25) is 0 Å². The third-order valence-electron chi connectivity index (χ3n) is 4.90. The second-order valence-electron chi connectivity index (χ2n) is 6.65. The fraction of sp³-hybridized carbons (Fsp3) is 0.130. The van der Waals surface area contributed by atoms with Gasteiger partial charge in [0.1, 0.15) is 11.5 Å². The molecule has 0 aliphatic carbocycles. The number of aliphatic hydroxyl groups is 1. The van der Waals surface area contributed by atoms with Crippen LogP contribution in [0.3, 0.4) is 0 Å². The first-order chi connectivity index (χ1) is 14.1. The molecule has 5 nitrogen and oxygen atoms in total. The van der Waals surface area contributed by atoms with Crippen LogP contribution in [0, 0.1) is 0 Å². The number of thiophene rings is 1. The Morgan fingerprint density at radius 1 is 1.07 bits per heavy atom. The Balaban J connectivity index is 1.88. The summed E-state index contributed by atoms with van der Waals surface area (Å²) in [6.45, 7) is 0.287. The monoisotopic (exact) mass is 405 g/mol. The van der Waals surface area contributed by atoms with Gasteiger partial charge in [-0.1, -0.05) is 48.5 Å². The second-order valence-corrected chi connectivity index (χ2v) is 7.68. The van der Waals surface area contributed by atoms with E-state index in [0.717, 1.165) is 4.88 Å². The van der Waals surface area contributed by atoms with Crippen LogP contribution >= 0.6 is 11.3 Å². The lowest BCUT2D eigenvalue weighted by atomic mass is 9.95. The average Bonchev–Trinajstić information content (AvgIpc) is 3.36. The highest BCUT2D eigenvalue weighted by molar-refractivity contribution is 7.09. The molecule has 146 valence electrons. The summed E-state index contributed by atoms with van der Waals surface area (Å²) in [5, 5.41) is 12.9. The summed E-state index contributed by atoms with van der Waals surface area (Å²) in [5.41, 5.74) is 1.29. The Labute approximate surface area is 172 Å². The molecule has 1 unspecified atom stereocenters. The summed E-state index contributed by atoms with van der Waals surface area (Å²) < 4.78 is 5.32. The van der Waals surface area contributed by atoms with E-state index in [9.17, 15) is 14.7 Å². The van der Waals surface area contributed by atoms with Crippen LogP contribution in [0.5, 0.6) is 5.75 Å². The first kappa shape index (κ1) is 19.0. The number of carbonyl (C=O) groups excluding carboxylic acids is 2. The highest BCUT2D eigenvalue weighted by Gasteiger charge is 2.46. The number of benzene rings is 2. The summed E-state index contributed by atoms with van der Waals surface area (Å²) >= 11 is 1.52. The lowest BCUT2D eigenvalue weighted by Crippen LogP contribution is -2.28. The van der Waals surface area contributed by atoms with Crippen LogP contribution < -0.4 is 4.74 Å². The topological polar surface area (TPSA) is 66.8 Å². The molecule has 2 aromatic carbocycles. The molecule has 1 aliphatic heterocycles. The molecule has 1 atom stereocenters. The number of likely N-dealkylation sites (tertiary alicyclic amines) is 1. The van der Waals surface area contributed by atoms with E-state index in [1.165, 1.54) is 16.2 Å². The van der Waals surface area contributed by atoms with Gasteiger partial charge in [0.05, 0.1) is 25.3 Å². The Kier molecular flexibility index (Phi) is 5.18. The van der Waals surface area contributed by atoms with Crippen molar-refractivity contribution >= 4 is 28.8 Å². The number of carbonyl (C=O) groups is 2. The van der Waals surface area contributed by atoms with Crippen LogP contribution in [0.1, 0.15) is 22.0 Å². The number of hydrogen-bond acceptors (Lipinski definition) is 5. The van der Waals surface area contributed by atoms with E-state index in [1.807, 2.05) is 35.7 Å². The van der Waals surface area contributed by atoms with Gasteiger partial charge in [0.15, 0.2) is 0 Å². The lowest BCUT2D eigenvalue weighted by Gasteiger charge is -2.25. The van der Waals surface area contributed by atoms with Gasteiger partial charge >= 0.3 is 0 Å². The molecule has 4 rings (SSSR count). The standard InChI is InChI=1S/C23H19NO4S/c1-28-17-10-5-9-16(13-17)20-19(21(25)15-7-3-2-4-8-15)22(26)23(27)24(20)14-18-11-6-12-29-18/h2-13,20,25H,14H2,1H3/b21-19-. The Bertz CT molecular complexity index is 1070. The molecule has 2 heterocycles. The van der Waals surface area contributed by atoms with Crippen molar-refractivity contribution in [2.75, 3.05) is 7.11 Å². The van der Waals surface area contributed by atoms with Crippen LogP contribution in [0.2, 0.25) is 0 Å². The predicted octanol–water partition coefficient (Wildman–Crippen LogP) is 4.38. The molecule has 0 radical (unpaired) electrons. The van der Waals surface area contributed by atoms with E-state index in [1.54, 1.807) is 43.5 Å². The number of amides is 1. The summed E-state index contributed by atoms with van der Waals surface area (Å²) in [4.78, 5) is 28.3. The zero-order chi connectivity index (χ0) is 20.4. The number of methoxy groups -OCH3 is 1. The van der Waals surface area contributed by atoms with Crippen molar-refractivity contribution in [1.82, 2.24) is 4.90 Å². The van der Waals surface area contributed by atoms with Crippen LogP contribution in [-0.2, 0) is 16.1 Å². The van der Waals surface area contributed by atoms with Crippen molar-refractivity contribution < 1.29 is 19.4 Å². The molecule has 1 saturated heterocycles. The molecule has 0 bridgehead atoms. The summed E-state index contributed by atoms with van der Waals surface area (Å²) in [6, 6.07) is 19.1. The first-order valence-corrected chi connectivity index (χ1v) is 9.98. The highest BCUT2D eigenvalue weighted by atomic mass is 32.1. The fourth-order valence-electron chi connectivity index (χ4n) is 3.52.